The van der Waals surface area contributed by atoms with E-state index in [-0.39, 0.29) is 11.5 Å². The zero-order chi connectivity index (χ0) is 37.0. The molecule has 260 valence electrons. The molecule has 0 spiro atoms. The summed E-state index contributed by atoms with van der Waals surface area (Å²) in [5.41, 5.74) is 1.36. The number of aromatic hydroxyl groups is 2. The molecular formula is C46H38Cl2O2Si2Zr. The van der Waals surface area contributed by atoms with E-state index in [2.05, 4.69) is 159 Å². The Kier molecular flexibility index (Phi) is 11.2. The van der Waals surface area contributed by atoms with Crippen molar-refractivity contribution in [3.05, 3.63) is 182 Å². The van der Waals surface area contributed by atoms with Gasteiger partial charge in [-0.05, 0) is 52.7 Å². The fraction of sp³-hybridized carbons (Fsp3) is 0.0435. The van der Waals surface area contributed by atoms with E-state index in [0.29, 0.717) is 11.1 Å². The van der Waals surface area contributed by atoms with E-state index in [1.54, 1.807) is 0 Å². The van der Waals surface area contributed by atoms with Gasteiger partial charge < -0.3 is 10.2 Å². The van der Waals surface area contributed by atoms with Crippen LogP contribution in [0.15, 0.2) is 182 Å². The zero-order valence-electron chi connectivity index (χ0n) is 29.5. The first-order valence-corrected chi connectivity index (χ1v) is 28.9. The van der Waals surface area contributed by atoms with Crippen LogP contribution in [-0.2, 0) is 20.8 Å². The molecule has 0 saturated heterocycles. The molecule has 2 N–H and O–H groups in total. The Morgan fingerprint density at radius 1 is 0.396 bits per heavy atom. The van der Waals surface area contributed by atoms with Crippen molar-refractivity contribution in [2.75, 3.05) is 0 Å². The van der Waals surface area contributed by atoms with Crippen molar-refractivity contribution >= 4 is 85.8 Å². The van der Waals surface area contributed by atoms with Crippen molar-refractivity contribution < 1.29 is 31.1 Å². The number of hydrogen-bond donors (Lipinski definition) is 2. The summed E-state index contributed by atoms with van der Waals surface area (Å²) in [6.07, 6.45) is 0. The van der Waals surface area contributed by atoms with Gasteiger partial charge in [0.15, 0.2) is 0 Å². The minimum absolute atomic E-state index is 0.228. The molecule has 0 radical (unpaired) electrons. The molecule has 7 heteroatoms. The van der Waals surface area contributed by atoms with Crippen LogP contribution in [0.3, 0.4) is 0 Å². The third-order valence-electron chi connectivity index (χ3n) is 10.8. The SMILES string of the molecule is C[Si](c1ccccc1)(c1ccccc1)c1cc2ccccc2c(-c2c(O)c([Si](C)(c3ccccc3)c3ccccc3)cc3ccccc23)c1O.[Cl][Zr][Cl]. The first-order chi connectivity index (χ1) is 25.8. The maximum absolute atomic E-state index is 12.9. The van der Waals surface area contributed by atoms with Gasteiger partial charge in [0.25, 0.3) is 0 Å². The van der Waals surface area contributed by atoms with Gasteiger partial charge in [-0.25, -0.2) is 0 Å². The van der Waals surface area contributed by atoms with Crippen molar-refractivity contribution in [2.45, 2.75) is 13.1 Å². The summed E-state index contributed by atoms with van der Waals surface area (Å²) >= 11 is -0.826. The van der Waals surface area contributed by atoms with Crippen molar-refractivity contribution in [3.8, 4) is 22.6 Å². The molecule has 0 bridgehead atoms. The molecule has 0 heterocycles. The Morgan fingerprint density at radius 2 is 0.642 bits per heavy atom. The number of halogens is 2. The molecule has 0 fully saturated rings. The fourth-order valence-corrected chi connectivity index (χ4v) is 15.4. The predicted molar refractivity (Wildman–Crippen MR) is 229 cm³/mol. The van der Waals surface area contributed by atoms with Crippen LogP contribution >= 0.6 is 17.0 Å². The molecule has 0 aliphatic heterocycles. The number of phenolic OH excluding ortho intramolecular Hbond substituents is 2. The van der Waals surface area contributed by atoms with Crippen LogP contribution in [-0.4, -0.2) is 26.4 Å². The van der Waals surface area contributed by atoms with Crippen LogP contribution in [0.5, 0.6) is 11.5 Å². The van der Waals surface area contributed by atoms with Crippen LogP contribution in [0.25, 0.3) is 32.7 Å². The van der Waals surface area contributed by atoms with Crippen molar-refractivity contribution in [2.24, 2.45) is 0 Å². The first kappa shape index (κ1) is 37.1. The Morgan fingerprint density at radius 3 is 0.925 bits per heavy atom. The van der Waals surface area contributed by atoms with E-state index < -0.39 is 37.0 Å². The number of phenols is 2. The maximum atomic E-state index is 12.9. The van der Waals surface area contributed by atoms with Gasteiger partial charge >= 0.3 is 37.9 Å². The molecule has 0 aromatic heterocycles. The minimum atomic E-state index is -2.77. The van der Waals surface area contributed by atoms with Gasteiger partial charge in [0, 0.05) is 11.1 Å². The van der Waals surface area contributed by atoms with E-state index in [4.69, 9.17) is 17.0 Å². The average Bonchev–Trinajstić information content (AvgIpc) is 3.22. The third kappa shape index (κ3) is 6.75. The van der Waals surface area contributed by atoms with Crippen LogP contribution in [0, 0.1) is 0 Å². The summed E-state index contributed by atoms with van der Waals surface area (Å²) in [5, 5.41) is 36.4. The molecule has 2 nitrogen and oxygen atoms in total. The second-order valence-electron chi connectivity index (χ2n) is 13.5. The molecular weight excluding hydrogens is 803 g/mol. The summed E-state index contributed by atoms with van der Waals surface area (Å²) in [7, 11) is 4.33. The normalized spacial score (nSPS) is 11.5. The molecule has 0 atom stereocenters. The van der Waals surface area contributed by atoms with Gasteiger partial charge in [0.05, 0.1) is 0 Å². The number of hydrogen-bond acceptors (Lipinski definition) is 2. The Balaban J connectivity index is 0.00000140. The van der Waals surface area contributed by atoms with E-state index in [0.717, 1.165) is 31.9 Å². The van der Waals surface area contributed by atoms with Crippen LogP contribution in [0.2, 0.25) is 13.1 Å². The third-order valence-corrected chi connectivity index (χ3v) is 19.6. The summed E-state index contributed by atoms with van der Waals surface area (Å²) in [4.78, 5) is 0. The molecule has 8 rings (SSSR count). The second-order valence-corrected chi connectivity index (χ2v) is 25.1. The quantitative estimate of drug-likeness (QED) is 0.125. The van der Waals surface area contributed by atoms with Crippen LogP contribution in [0.1, 0.15) is 0 Å². The van der Waals surface area contributed by atoms with E-state index in [1.807, 2.05) is 36.4 Å². The summed E-state index contributed by atoms with van der Waals surface area (Å²) < 4.78 is 0. The Hall–Kier alpha value is -4.22. The van der Waals surface area contributed by atoms with Gasteiger partial charge in [-0.3, -0.25) is 0 Å². The van der Waals surface area contributed by atoms with Crippen molar-refractivity contribution in [1.29, 1.82) is 0 Å². The Labute approximate surface area is 332 Å². The molecule has 0 unspecified atom stereocenters. The monoisotopic (exact) mass is 838 g/mol. The van der Waals surface area contributed by atoms with Gasteiger partial charge in [-0.1, -0.05) is 195 Å². The molecule has 0 aliphatic rings. The van der Waals surface area contributed by atoms with Crippen LogP contribution < -0.4 is 31.1 Å². The van der Waals surface area contributed by atoms with Crippen molar-refractivity contribution in [1.82, 2.24) is 0 Å². The number of benzene rings is 8. The van der Waals surface area contributed by atoms with Gasteiger partial charge in [-0.15, -0.1) is 0 Å². The van der Waals surface area contributed by atoms with Gasteiger partial charge in [-0.2, -0.15) is 0 Å². The molecule has 0 saturated carbocycles. The standard InChI is InChI=1S/C46H38O2Si2.2ClH.Zr/c1-49(35-21-7-3-8-22-35,36-23-9-4-10-24-36)41-31-33-19-15-17-29-39(33)43(45(41)47)44-40-30-18-16-20-34(40)32-42(46(44)48)50(2,37-25-11-5-12-26-37)38-27-13-6-14-28-38;;;/h3-32,47-48H,1-2H3;2*1H;/q;;;+2/p-2. The average molecular weight is 841 g/mol. The Bertz CT molecular complexity index is 2250. The number of rotatable bonds is 7. The molecule has 0 amide bonds. The summed E-state index contributed by atoms with van der Waals surface area (Å²) in [6, 6.07) is 63.4. The van der Waals surface area contributed by atoms with E-state index in [9.17, 15) is 10.2 Å². The van der Waals surface area contributed by atoms with Crippen LogP contribution in [0.4, 0.5) is 0 Å². The van der Waals surface area contributed by atoms with E-state index in [1.165, 1.54) is 20.7 Å². The molecule has 8 aromatic rings. The number of fused-ring (bicyclic) bond motifs is 2. The zero-order valence-corrected chi connectivity index (χ0v) is 35.4. The molecule has 0 aliphatic carbocycles. The van der Waals surface area contributed by atoms with E-state index >= 15 is 0 Å². The molecule has 53 heavy (non-hydrogen) atoms. The van der Waals surface area contributed by atoms with Gasteiger partial charge in [0.2, 0.25) is 0 Å². The summed E-state index contributed by atoms with van der Waals surface area (Å²) in [5.74, 6) is 0.455. The van der Waals surface area contributed by atoms with Gasteiger partial charge in [0.1, 0.15) is 27.6 Å². The molecule has 8 aromatic carbocycles. The second kappa shape index (κ2) is 16.0. The first-order valence-electron chi connectivity index (χ1n) is 17.5. The van der Waals surface area contributed by atoms with Crippen molar-refractivity contribution in [3.63, 3.8) is 0 Å². The topological polar surface area (TPSA) is 40.5 Å². The predicted octanol–water partition coefficient (Wildman–Crippen LogP) is 8.65. The summed E-state index contributed by atoms with van der Waals surface area (Å²) in [6.45, 7) is 4.66. The fourth-order valence-electron chi connectivity index (χ4n) is 7.98.